The van der Waals surface area contributed by atoms with Gasteiger partial charge in [-0.2, -0.15) is 4.31 Å². The molecule has 2 rings (SSSR count). The molecule has 0 amide bonds. The monoisotopic (exact) mass is 320 g/mol. The number of halogens is 2. The quantitative estimate of drug-likeness (QED) is 0.852. The molecule has 20 heavy (non-hydrogen) atoms. The van der Waals surface area contributed by atoms with Crippen LogP contribution in [0.25, 0.3) is 0 Å². The lowest BCUT2D eigenvalue weighted by Crippen LogP contribution is -2.41. The van der Waals surface area contributed by atoms with E-state index in [4.69, 9.17) is 17.3 Å². The molecule has 0 atom stereocenters. The van der Waals surface area contributed by atoms with Crippen molar-refractivity contribution in [2.45, 2.75) is 31.6 Å². The first kappa shape index (κ1) is 15.5. The summed E-state index contributed by atoms with van der Waals surface area (Å²) in [6.45, 7) is 5.09. The summed E-state index contributed by atoms with van der Waals surface area (Å²) in [5.41, 5.74) is 5.36. The number of rotatable bonds is 2. The number of sulfonamides is 1. The van der Waals surface area contributed by atoms with E-state index in [2.05, 4.69) is 13.8 Å². The Kier molecular flexibility index (Phi) is 4.01. The van der Waals surface area contributed by atoms with Gasteiger partial charge in [-0.15, -0.1) is 0 Å². The highest BCUT2D eigenvalue weighted by atomic mass is 35.5. The first-order chi connectivity index (χ1) is 9.13. The van der Waals surface area contributed by atoms with Crippen LogP contribution < -0.4 is 5.73 Å². The lowest BCUT2D eigenvalue weighted by Gasteiger charge is -2.36. The average molecular weight is 321 g/mol. The van der Waals surface area contributed by atoms with Gasteiger partial charge in [-0.3, -0.25) is 0 Å². The maximum absolute atomic E-state index is 13.3. The standard InChI is InChI=1S/C13H18ClFN2O2S/c1-13(2)3-5-17(6-4-13)20(18,19)12-8-11(16)10(15)7-9(12)14/h7-8H,3-6,16H2,1-2H3. The highest BCUT2D eigenvalue weighted by Crippen LogP contribution is 2.34. The highest BCUT2D eigenvalue weighted by molar-refractivity contribution is 7.89. The first-order valence-electron chi connectivity index (χ1n) is 6.38. The van der Waals surface area contributed by atoms with Crippen LogP contribution in [0.15, 0.2) is 17.0 Å². The van der Waals surface area contributed by atoms with E-state index < -0.39 is 15.8 Å². The van der Waals surface area contributed by atoms with Crippen LogP contribution in [-0.4, -0.2) is 25.8 Å². The molecule has 0 aromatic heterocycles. The number of nitrogen functional groups attached to an aromatic ring is 1. The molecule has 0 radical (unpaired) electrons. The van der Waals surface area contributed by atoms with E-state index in [0.29, 0.717) is 13.1 Å². The maximum Gasteiger partial charge on any atom is 0.244 e. The van der Waals surface area contributed by atoms with Gasteiger partial charge in [0.05, 0.1) is 10.7 Å². The second-order valence-electron chi connectivity index (χ2n) is 5.87. The SMILES string of the molecule is CC1(C)CCN(S(=O)(=O)c2cc(N)c(F)cc2Cl)CC1. The van der Waals surface area contributed by atoms with E-state index in [1.807, 2.05) is 0 Å². The number of benzene rings is 1. The van der Waals surface area contributed by atoms with E-state index in [0.717, 1.165) is 25.0 Å². The second kappa shape index (κ2) is 5.16. The zero-order valence-corrected chi connectivity index (χ0v) is 13.1. The van der Waals surface area contributed by atoms with Gasteiger partial charge in [0.2, 0.25) is 10.0 Å². The van der Waals surface area contributed by atoms with E-state index in [9.17, 15) is 12.8 Å². The first-order valence-corrected chi connectivity index (χ1v) is 8.20. The third-order valence-corrected chi connectivity index (χ3v) is 6.11. The normalized spacial score (nSPS) is 20.0. The lowest BCUT2D eigenvalue weighted by molar-refractivity contribution is 0.196. The molecule has 1 aromatic rings. The Balaban J connectivity index is 2.34. The van der Waals surface area contributed by atoms with Crippen molar-refractivity contribution in [3.05, 3.63) is 23.0 Å². The molecular weight excluding hydrogens is 303 g/mol. The van der Waals surface area contributed by atoms with Gasteiger partial charge in [0, 0.05) is 13.1 Å². The summed E-state index contributed by atoms with van der Waals surface area (Å²) >= 11 is 5.86. The van der Waals surface area contributed by atoms with Crippen molar-refractivity contribution in [1.29, 1.82) is 0 Å². The number of anilines is 1. The van der Waals surface area contributed by atoms with Crippen LogP contribution in [0.1, 0.15) is 26.7 Å². The number of piperidine rings is 1. The molecule has 1 saturated heterocycles. The van der Waals surface area contributed by atoms with Crippen LogP contribution in [0, 0.1) is 11.2 Å². The summed E-state index contributed by atoms with van der Waals surface area (Å²) < 4.78 is 39.8. The summed E-state index contributed by atoms with van der Waals surface area (Å²) in [5.74, 6) is -0.714. The molecule has 2 N–H and O–H groups in total. The molecule has 112 valence electrons. The molecular formula is C13H18ClFN2O2S. The van der Waals surface area contributed by atoms with Crippen LogP contribution in [0.5, 0.6) is 0 Å². The molecule has 1 fully saturated rings. The molecule has 1 heterocycles. The maximum atomic E-state index is 13.3. The Morgan fingerprint density at radius 1 is 1.30 bits per heavy atom. The minimum absolute atomic E-state index is 0.127. The van der Waals surface area contributed by atoms with E-state index in [1.165, 1.54) is 4.31 Å². The topological polar surface area (TPSA) is 63.4 Å². The van der Waals surface area contributed by atoms with Gasteiger partial charge in [-0.1, -0.05) is 25.4 Å². The number of hydrogen-bond acceptors (Lipinski definition) is 3. The van der Waals surface area contributed by atoms with E-state index in [-0.39, 0.29) is 21.0 Å². The average Bonchev–Trinajstić information content (AvgIpc) is 2.33. The van der Waals surface area contributed by atoms with Crippen molar-refractivity contribution in [2.24, 2.45) is 5.41 Å². The third-order valence-electron chi connectivity index (χ3n) is 3.74. The fourth-order valence-electron chi connectivity index (χ4n) is 2.21. The lowest BCUT2D eigenvalue weighted by atomic mass is 9.83. The highest BCUT2D eigenvalue weighted by Gasteiger charge is 2.34. The minimum Gasteiger partial charge on any atom is -0.396 e. The van der Waals surface area contributed by atoms with Gasteiger partial charge in [0.15, 0.2) is 0 Å². The number of hydrogen-bond donors (Lipinski definition) is 1. The Morgan fingerprint density at radius 2 is 1.85 bits per heavy atom. The van der Waals surface area contributed by atoms with Crippen molar-refractivity contribution >= 4 is 27.3 Å². The van der Waals surface area contributed by atoms with Crippen LogP contribution in [0.2, 0.25) is 5.02 Å². The predicted octanol–water partition coefficient (Wildman–Crippen LogP) is 2.87. The van der Waals surface area contributed by atoms with Gasteiger partial charge in [-0.05, 0) is 30.4 Å². The van der Waals surface area contributed by atoms with Crippen LogP contribution in [0.4, 0.5) is 10.1 Å². The summed E-state index contributed by atoms with van der Waals surface area (Å²) in [6, 6.07) is 2.03. The van der Waals surface area contributed by atoms with Crippen molar-refractivity contribution < 1.29 is 12.8 Å². The van der Waals surface area contributed by atoms with Gasteiger partial charge in [0.1, 0.15) is 10.7 Å². The van der Waals surface area contributed by atoms with E-state index in [1.54, 1.807) is 0 Å². The fourth-order valence-corrected chi connectivity index (χ4v) is 4.18. The molecule has 0 unspecified atom stereocenters. The van der Waals surface area contributed by atoms with Gasteiger partial charge < -0.3 is 5.73 Å². The second-order valence-corrected chi connectivity index (χ2v) is 8.19. The van der Waals surface area contributed by atoms with Crippen LogP contribution >= 0.6 is 11.6 Å². The van der Waals surface area contributed by atoms with Crippen LogP contribution in [-0.2, 0) is 10.0 Å². The van der Waals surface area contributed by atoms with Crippen molar-refractivity contribution in [2.75, 3.05) is 18.8 Å². The molecule has 0 spiro atoms. The molecule has 4 nitrogen and oxygen atoms in total. The van der Waals surface area contributed by atoms with Crippen molar-refractivity contribution in [3.63, 3.8) is 0 Å². The molecule has 0 aliphatic carbocycles. The molecule has 1 aliphatic rings. The molecule has 1 aliphatic heterocycles. The third kappa shape index (κ3) is 2.92. The van der Waals surface area contributed by atoms with E-state index >= 15 is 0 Å². The fraction of sp³-hybridized carbons (Fsp3) is 0.538. The Bertz CT molecular complexity index is 622. The Labute approximate surface area is 123 Å². The summed E-state index contributed by atoms with van der Waals surface area (Å²) in [6.07, 6.45) is 1.56. The molecule has 1 aromatic carbocycles. The summed E-state index contributed by atoms with van der Waals surface area (Å²) in [7, 11) is -3.73. The Morgan fingerprint density at radius 3 is 2.40 bits per heavy atom. The van der Waals surface area contributed by atoms with Gasteiger partial charge >= 0.3 is 0 Å². The Hall–Kier alpha value is -0.850. The summed E-state index contributed by atoms with van der Waals surface area (Å²) in [4.78, 5) is -0.127. The number of nitrogens with zero attached hydrogens (tertiary/aromatic N) is 1. The van der Waals surface area contributed by atoms with Gasteiger partial charge in [-0.25, -0.2) is 12.8 Å². The largest absolute Gasteiger partial charge is 0.396 e. The van der Waals surface area contributed by atoms with Crippen molar-refractivity contribution in [1.82, 2.24) is 4.31 Å². The predicted molar refractivity (Wildman–Crippen MR) is 77.6 cm³/mol. The zero-order valence-electron chi connectivity index (χ0n) is 11.5. The minimum atomic E-state index is -3.73. The number of nitrogens with two attached hydrogens (primary N) is 1. The molecule has 0 bridgehead atoms. The van der Waals surface area contributed by atoms with Crippen LogP contribution in [0.3, 0.4) is 0 Å². The van der Waals surface area contributed by atoms with Crippen molar-refractivity contribution in [3.8, 4) is 0 Å². The summed E-state index contributed by atoms with van der Waals surface area (Å²) in [5, 5.41) is -0.137. The molecule has 0 saturated carbocycles. The zero-order chi connectivity index (χ0) is 15.1. The molecule has 7 heteroatoms. The van der Waals surface area contributed by atoms with Gasteiger partial charge in [0.25, 0.3) is 0 Å². The smallest absolute Gasteiger partial charge is 0.244 e.